The van der Waals surface area contributed by atoms with Gasteiger partial charge in [-0.1, -0.05) is 0 Å². The molecule has 1 unspecified atom stereocenters. The molecule has 1 saturated heterocycles. The molecule has 1 atom stereocenters. The molecule has 6 nitrogen and oxygen atoms in total. The standard InChI is InChI=1S/C14H22N2O4S/c1-19-12-5-6-14(13(10-12)20-2)21(17,18)16-11-4-3-8-15-9-7-11/h5-6,10-11,15-16H,3-4,7-9H2,1-2H3. The third-order valence-corrected chi connectivity index (χ3v) is 5.12. The van der Waals surface area contributed by atoms with Crippen molar-refractivity contribution >= 4 is 10.0 Å². The van der Waals surface area contributed by atoms with Crippen molar-refractivity contribution < 1.29 is 17.9 Å². The predicted molar refractivity (Wildman–Crippen MR) is 80.4 cm³/mol. The number of ether oxygens (including phenoxy) is 2. The second-order valence-corrected chi connectivity index (χ2v) is 6.70. The van der Waals surface area contributed by atoms with E-state index in [0.29, 0.717) is 5.75 Å². The monoisotopic (exact) mass is 314 g/mol. The molecule has 21 heavy (non-hydrogen) atoms. The van der Waals surface area contributed by atoms with Crippen molar-refractivity contribution in [3.8, 4) is 11.5 Å². The van der Waals surface area contributed by atoms with Crippen molar-refractivity contribution in [2.45, 2.75) is 30.2 Å². The van der Waals surface area contributed by atoms with Crippen LogP contribution in [0.4, 0.5) is 0 Å². The third-order valence-electron chi connectivity index (χ3n) is 3.56. The van der Waals surface area contributed by atoms with E-state index < -0.39 is 10.0 Å². The minimum absolute atomic E-state index is 0.0446. The molecule has 0 aliphatic carbocycles. The van der Waals surface area contributed by atoms with Crippen LogP contribution < -0.4 is 19.5 Å². The maximum Gasteiger partial charge on any atom is 0.244 e. The van der Waals surface area contributed by atoms with Crippen LogP contribution in [0.2, 0.25) is 0 Å². The van der Waals surface area contributed by atoms with Gasteiger partial charge in [-0.2, -0.15) is 0 Å². The average molecular weight is 314 g/mol. The summed E-state index contributed by atoms with van der Waals surface area (Å²) < 4.78 is 38.1. The Hall–Kier alpha value is -1.31. The molecule has 0 radical (unpaired) electrons. The van der Waals surface area contributed by atoms with Gasteiger partial charge >= 0.3 is 0 Å². The Balaban J connectivity index is 2.22. The Bertz CT molecular complexity index is 566. The normalized spacial score (nSPS) is 19.8. The molecule has 0 amide bonds. The molecule has 1 aromatic carbocycles. The topological polar surface area (TPSA) is 76.7 Å². The molecule has 0 spiro atoms. The Morgan fingerprint density at radius 2 is 2.00 bits per heavy atom. The molecule has 1 aromatic rings. The molecule has 0 bridgehead atoms. The number of sulfonamides is 1. The molecule has 1 heterocycles. The average Bonchev–Trinajstić information content (AvgIpc) is 2.74. The zero-order valence-corrected chi connectivity index (χ0v) is 13.2. The minimum Gasteiger partial charge on any atom is -0.497 e. The number of benzene rings is 1. The maximum absolute atomic E-state index is 12.5. The van der Waals surface area contributed by atoms with Gasteiger partial charge in [0, 0.05) is 12.1 Å². The quantitative estimate of drug-likeness (QED) is 0.852. The first-order chi connectivity index (χ1) is 10.1. The molecule has 1 aliphatic heterocycles. The molecule has 1 aliphatic rings. The van der Waals surface area contributed by atoms with Crippen LogP contribution in [0.1, 0.15) is 19.3 Å². The van der Waals surface area contributed by atoms with Crippen molar-refractivity contribution in [3.63, 3.8) is 0 Å². The Morgan fingerprint density at radius 1 is 1.19 bits per heavy atom. The van der Waals surface area contributed by atoms with Crippen LogP contribution in [-0.4, -0.2) is 41.8 Å². The fourth-order valence-electron chi connectivity index (χ4n) is 2.42. The lowest BCUT2D eigenvalue weighted by Gasteiger charge is -2.17. The smallest absolute Gasteiger partial charge is 0.244 e. The highest BCUT2D eigenvalue weighted by atomic mass is 32.2. The van der Waals surface area contributed by atoms with Crippen LogP contribution in [0, 0.1) is 0 Å². The van der Waals surface area contributed by atoms with Crippen molar-refractivity contribution in [2.75, 3.05) is 27.3 Å². The lowest BCUT2D eigenvalue weighted by molar-refractivity contribution is 0.385. The Kier molecular flexibility index (Phi) is 5.44. The first kappa shape index (κ1) is 16.1. The van der Waals surface area contributed by atoms with E-state index in [4.69, 9.17) is 9.47 Å². The van der Waals surface area contributed by atoms with Crippen molar-refractivity contribution in [1.29, 1.82) is 0 Å². The lowest BCUT2D eigenvalue weighted by Crippen LogP contribution is -2.35. The van der Waals surface area contributed by atoms with Crippen molar-refractivity contribution in [3.05, 3.63) is 18.2 Å². The maximum atomic E-state index is 12.5. The molecular weight excluding hydrogens is 292 g/mol. The number of hydrogen-bond acceptors (Lipinski definition) is 5. The molecule has 7 heteroatoms. The van der Waals surface area contributed by atoms with Crippen LogP contribution in [0.5, 0.6) is 11.5 Å². The highest BCUT2D eigenvalue weighted by molar-refractivity contribution is 7.89. The molecular formula is C14H22N2O4S. The van der Waals surface area contributed by atoms with Crippen molar-refractivity contribution in [2.24, 2.45) is 0 Å². The highest BCUT2D eigenvalue weighted by Crippen LogP contribution is 2.28. The molecule has 0 saturated carbocycles. The molecule has 2 N–H and O–H groups in total. The first-order valence-corrected chi connectivity index (χ1v) is 8.50. The molecule has 0 aromatic heterocycles. The van der Waals surface area contributed by atoms with Gasteiger partial charge in [-0.05, 0) is 44.5 Å². The van der Waals surface area contributed by atoms with Crippen LogP contribution in [0.15, 0.2) is 23.1 Å². The fourth-order valence-corrected chi connectivity index (χ4v) is 3.87. The predicted octanol–water partition coefficient (Wildman–Crippen LogP) is 1.12. The van der Waals surface area contributed by atoms with Gasteiger partial charge in [-0.25, -0.2) is 13.1 Å². The summed E-state index contributed by atoms with van der Waals surface area (Å²) in [4.78, 5) is 0.142. The highest BCUT2D eigenvalue weighted by Gasteiger charge is 2.24. The van der Waals surface area contributed by atoms with E-state index in [-0.39, 0.29) is 16.7 Å². The zero-order chi connectivity index (χ0) is 15.3. The number of nitrogens with one attached hydrogen (secondary N) is 2. The van der Waals surface area contributed by atoms with E-state index in [1.165, 1.54) is 20.3 Å². The van der Waals surface area contributed by atoms with Gasteiger partial charge in [-0.15, -0.1) is 0 Å². The van der Waals surface area contributed by atoms with Gasteiger partial charge in [0.05, 0.1) is 14.2 Å². The van der Waals surface area contributed by atoms with E-state index in [1.807, 2.05) is 0 Å². The molecule has 118 valence electrons. The zero-order valence-electron chi connectivity index (χ0n) is 12.4. The van der Waals surface area contributed by atoms with E-state index in [1.54, 1.807) is 12.1 Å². The minimum atomic E-state index is -3.60. The van der Waals surface area contributed by atoms with E-state index >= 15 is 0 Å². The van der Waals surface area contributed by atoms with Gasteiger partial charge < -0.3 is 14.8 Å². The summed E-state index contributed by atoms with van der Waals surface area (Å²) in [6.07, 6.45) is 2.59. The second-order valence-electron chi connectivity index (χ2n) is 5.02. The van der Waals surface area contributed by atoms with Gasteiger partial charge in [0.25, 0.3) is 0 Å². The summed E-state index contributed by atoms with van der Waals surface area (Å²) in [5, 5.41) is 3.26. The van der Waals surface area contributed by atoms with Gasteiger partial charge in [0.1, 0.15) is 16.4 Å². The second kappa shape index (κ2) is 7.11. The van der Waals surface area contributed by atoms with Gasteiger partial charge in [-0.3, -0.25) is 0 Å². The summed E-state index contributed by atoms with van der Waals surface area (Å²) in [6.45, 7) is 1.76. The molecule has 1 fully saturated rings. The number of methoxy groups -OCH3 is 2. The van der Waals surface area contributed by atoms with Crippen LogP contribution in [0.25, 0.3) is 0 Å². The third kappa shape index (κ3) is 4.09. The summed E-state index contributed by atoms with van der Waals surface area (Å²) >= 11 is 0. The number of rotatable bonds is 5. The fraction of sp³-hybridized carbons (Fsp3) is 0.571. The Morgan fingerprint density at radius 3 is 2.71 bits per heavy atom. The van der Waals surface area contributed by atoms with E-state index in [9.17, 15) is 8.42 Å². The summed E-state index contributed by atoms with van der Waals surface area (Å²) in [5.41, 5.74) is 0. The van der Waals surface area contributed by atoms with Crippen LogP contribution >= 0.6 is 0 Å². The summed E-state index contributed by atoms with van der Waals surface area (Å²) in [7, 11) is -0.627. The SMILES string of the molecule is COc1ccc(S(=O)(=O)NC2CCCNCC2)c(OC)c1. The first-order valence-electron chi connectivity index (χ1n) is 7.02. The summed E-state index contributed by atoms with van der Waals surface area (Å²) in [6, 6.07) is 4.65. The van der Waals surface area contributed by atoms with Gasteiger partial charge in [0.15, 0.2) is 0 Å². The van der Waals surface area contributed by atoms with Crippen molar-refractivity contribution in [1.82, 2.24) is 10.0 Å². The van der Waals surface area contributed by atoms with E-state index in [0.717, 1.165) is 32.4 Å². The number of hydrogen-bond donors (Lipinski definition) is 2. The summed E-state index contributed by atoms with van der Waals surface area (Å²) in [5.74, 6) is 0.845. The lowest BCUT2D eigenvalue weighted by atomic mass is 10.1. The van der Waals surface area contributed by atoms with Crippen LogP contribution in [0.3, 0.4) is 0 Å². The Labute approximate surface area is 125 Å². The van der Waals surface area contributed by atoms with E-state index in [2.05, 4.69) is 10.0 Å². The molecule has 2 rings (SSSR count). The van der Waals surface area contributed by atoms with Gasteiger partial charge in [0.2, 0.25) is 10.0 Å². The largest absolute Gasteiger partial charge is 0.497 e. The van der Waals surface area contributed by atoms with Crippen LogP contribution in [-0.2, 0) is 10.0 Å².